The lowest BCUT2D eigenvalue weighted by Crippen LogP contribution is -2.38. The van der Waals surface area contributed by atoms with Crippen molar-refractivity contribution in [2.75, 3.05) is 86.1 Å². The molecule has 0 amide bonds. The fourth-order valence-corrected chi connectivity index (χ4v) is 16.8. The van der Waals surface area contributed by atoms with Gasteiger partial charge in [0.25, 0.3) is 18.0 Å². The largest absolute Gasteiger partial charge is 0.497 e. The van der Waals surface area contributed by atoms with Crippen LogP contribution in [0.4, 0.5) is 18.0 Å². The topological polar surface area (TPSA) is 423 Å². The first-order valence-electron chi connectivity index (χ1n) is 40.8. The number of halogens is 2. The molecule has 0 aliphatic carbocycles. The van der Waals surface area contributed by atoms with E-state index in [1.165, 1.54) is 35.5 Å². The Morgan fingerprint density at radius 3 is 0.922 bits per heavy atom. The minimum Gasteiger partial charge on any atom is -0.497 e. The number of hydrogen-bond donors (Lipinski definition) is 6. The molecule has 15 aromatic rings. The van der Waals surface area contributed by atoms with Crippen molar-refractivity contribution >= 4 is 79.1 Å². The highest BCUT2D eigenvalue weighted by atomic mass is 79.9. The van der Waals surface area contributed by atoms with Gasteiger partial charge in [0.15, 0.2) is 33.5 Å². The van der Waals surface area contributed by atoms with E-state index in [1.807, 2.05) is 176 Å². The summed E-state index contributed by atoms with van der Waals surface area (Å²) in [5.74, 6) is 4.74. The number of aliphatic hydroxyl groups excluding tert-OH is 3. The Kier molecular flexibility index (Phi) is 29.3. The number of fused-ring (bicyclic) bond motifs is 3. The highest BCUT2D eigenvalue weighted by Gasteiger charge is 2.45. The van der Waals surface area contributed by atoms with Crippen LogP contribution in [0.5, 0.6) is 34.5 Å². The van der Waals surface area contributed by atoms with E-state index in [2.05, 4.69) is 129 Å². The summed E-state index contributed by atoms with van der Waals surface area (Å²) in [6, 6.07) is 77.1. The second-order valence-corrected chi connectivity index (χ2v) is 31.2. The molecule has 129 heavy (non-hydrogen) atoms. The van der Waals surface area contributed by atoms with Gasteiger partial charge >= 0.3 is 16.9 Å². The molecule has 9 N–H and O–H groups in total. The number of imidazole rings is 3. The standard InChI is InChI=1S/C32H32N4O6.C31H30N4O7.C21H19BrO2.C10H12N4O5.CH3Cl/c1-20-17-27(36-19-34-28-29(36)35-31(33)42-30(28)37)41-26(20)18-40-32(21-7-5-4-6-8-21,22-9-13-24(38-2)14-10-22)23-11-15-25(39-3)16-12-23;1-38-22-12-8-20(9-13-22)31(19-6-4-3-5-7-19,21-10-14-23(39-2)15-11-21)40-17-25-24(36)16-26(41-25)35-18-33-27-28(35)34-30(32)42-29(27)37;1-23-19-12-8-17(9-13-19)21(22,16-6-4-3-5-7-16)18-10-14-20(24-2)15-11-18;11-10-13-8-7(9(17)19-10)12-3-14(8)6-1-4(16)5(2-15)18-6;1-2/h4-16,19-20,26-27H,17-18H2,1-3H3,(H2,33,35);3-15,18,24-26,36H,16-17H2,1-2H3,(H2,32,34);3-15H,1-2H3;3-6,15-16H,1-2H2,(H2,11,13);1H3/t20?,26-,27-;24?,25-,26-;;4?,5-,6-;/m11.1./s1. The molecule has 3 fully saturated rings. The molecule has 9 heterocycles. The van der Waals surface area contributed by atoms with Crippen molar-refractivity contribution in [2.24, 2.45) is 5.92 Å². The fourth-order valence-electron chi connectivity index (χ4n) is 16.0. The maximum Gasteiger partial charge on any atom is 0.368 e. The SMILES string of the molecule is CCl.COc1ccc(C(Br)(c2ccccc2)c2ccc(OC)cc2)cc1.COc1ccc(C(OC[C@H]2O[C@@H](n3cnc4c(=O)oc(N)nc43)CC2C)(c2ccccc2)c2ccc(OC)cc2)cc1.COc1ccc(C(OC[C@H]2O[C@@H](n3cnc4c(=O)oc(N)nc43)CC2O)(c2ccccc2)c2ccc(OC)cc2)cc1.Nc1nc2c(ncn2[C@H]2CC(O)[C@@H](CO)O2)c(=O)o1. The van der Waals surface area contributed by atoms with E-state index in [1.54, 1.807) is 51.8 Å². The minimum absolute atomic E-state index is 0.0316. The lowest BCUT2D eigenvalue weighted by atomic mass is 9.80. The number of hydrogen-bond acceptors (Lipinski definition) is 29. The maximum absolute atomic E-state index is 12.2. The number of anilines is 3. The molecule has 0 saturated carbocycles. The van der Waals surface area contributed by atoms with Crippen LogP contribution in [0.3, 0.4) is 0 Å². The molecule has 0 radical (unpaired) electrons. The van der Waals surface area contributed by atoms with Gasteiger partial charge in [-0.05, 0) is 135 Å². The number of rotatable bonds is 25. The number of nitrogen functional groups attached to an aromatic ring is 3. The van der Waals surface area contributed by atoms with Crippen LogP contribution in [0.25, 0.3) is 33.5 Å². The van der Waals surface area contributed by atoms with Crippen molar-refractivity contribution in [3.05, 3.63) is 337 Å². The molecule has 3 aliphatic heterocycles. The van der Waals surface area contributed by atoms with Gasteiger partial charge in [-0.3, -0.25) is 13.7 Å². The Morgan fingerprint density at radius 1 is 0.380 bits per heavy atom. The monoisotopic (exact) mass is 1840 g/mol. The first-order valence-corrected chi connectivity index (χ1v) is 42.4. The van der Waals surface area contributed by atoms with Gasteiger partial charge in [0.05, 0.1) is 99.8 Å². The quantitative estimate of drug-likeness (QED) is 0.0229. The maximum atomic E-state index is 12.2. The number of alkyl halides is 2. The smallest absolute Gasteiger partial charge is 0.368 e. The van der Waals surface area contributed by atoms with E-state index in [4.69, 9.17) is 83.2 Å². The Hall–Kier alpha value is -13.3. The molecular formula is C95H96BrClN12O20. The van der Waals surface area contributed by atoms with Crippen LogP contribution in [0.1, 0.15) is 94.9 Å². The number of nitrogens with zero attached hydrogens (tertiary/aromatic N) is 9. The Labute approximate surface area is 753 Å². The number of aliphatic hydroxyl groups is 3. The molecule has 0 spiro atoms. The summed E-state index contributed by atoms with van der Waals surface area (Å²) in [6.45, 7) is 2.15. The van der Waals surface area contributed by atoms with E-state index in [0.29, 0.717) is 23.6 Å². The van der Waals surface area contributed by atoms with Crippen LogP contribution in [0, 0.1) is 5.92 Å². The van der Waals surface area contributed by atoms with E-state index < -0.39 is 75.5 Å². The van der Waals surface area contributed by atoms with Crippen LogP contribution < -0.4 is 62.5 Å². The van der Waals surface area contributed by atoms with Crippen molar-refractivity contribution in [3.8, 4) is 34.5 Å². The highest BCUT2D eigenvalue weighted by Crippen LogP contribution is 2.49. The first-order chi connectivity index (χ1) is 62.6. The van der Waals surface area contributed by atoms with Crippen LogP contribution in [0.2, 0.25) is 0 Å². The van der Waals surface area contributed by atoms with Gasteiger partial charge in [0, 0.05) is 19.2 Å². The van der Waals surface area contributed by atoms with Crippen molar-refractivity contribution in [1.29, 1.82) is 0 Å². The summed E-state index contributed by atoms with van der Waals surface area (Å²) in [6.07, 6.45) is 2.06. The molecule has 34 heteroatoms. The summed E-state index contributed by atoms with van der Waals surface area (Å²) < 4.78 is 83.3. The second kappa shape index (κ2) is 41.2. The summed E-state index contributed by atoms with van der Waals surface area (Å²) >= 11 is 8.66. The van der Waals surface area contributed by atoms with Crippen LogP contribution in [-0.2, 0) is 39.2 Å². The van der Waals surface area contributed by atoms with Crippen molar-refractivity contribution < 1.29 is 80.7 Å². The van der Waals surface area contributed by atoms with Crippen LogP contribution in [-0.4, -0.2) is 158 Å². The predicted molar refractivity (Wildman–Crippen MR) is 485 cm³/mol. The summed E-state index contributed by atoms with van der Waals surface area (Å²) in [4.78, 5) is 60.3. The number of benzene rings is 9. The highest BCUT2D eigenvalue weighted by molar-refractivity contribution is 9.10. The third kappa shape index (κ3) is 19.4. The number of methoxy groups -OCH3 is 6. The molecule has 3 unspecified atom stereocenters. The number of aromatic nitrogens is 9. The van der Waals surface area contributed by atoms with Gasteiger partial charge in [-0.2, -0.15) is 15.0 Å². The molecule has 9 atom stereocenters. The molecule has 32 nitrogen and oxygen atoms in total. The molecule has 670 valence electrons. The average molecular weight is 1840 g/mol. The number of nitrogens with two attached hydrogens (primary N) is 3. The molecule has 18 rings (SSSR count). The van der Waals surface area contributed by atoms with Gasteiger partial charge in [-0.25, -0.2) is 29.3 Å². The molecular weight excluding hydrogens is 1740 g/mol. The third-order valence-corrected chi connectivity index (χ3v) is 24.0. The van der Waals surface area contributed by atoms with Gasteiger partial charge in [0.2, 0.25) is 0 Å². The zero-order valence-corrected chi connectivity index (χ0v) is 73.8. The minimum atomic E-state index is -1.07. The molecule has 3 aliphatic rings. The molecule has 3 saturated heterocycles. The number of ether oxygens (including phenoxy) is 11. The fraction of sp³-hybridized carbons (Fsp3) is 0.274. The van der Waals surface area contributed by atoms with Gasteiger partial charge < -0.3 is 97.9 Å². The summed E-state index contributed by atoms with van der Waals surface area (Å²) in [5, 5.41) is 29.8. The van der Waals surface area contributed by atoms with Gasteiger partial charge in [-0.15, -0.1) is 11.6 Å². The van der Waals surface area contributed by atoms with Gasteiger partial charge in [0.1, 0.15) is 80.9 Å². The molecule has 9 aromatic carbocycles. The van der Waals surface area contributed by atoms with E-state index in [9.17, 15) is 24.6 Å². The second-order valence-electron chi connectivity index (χ2n) is 30.0. The average Bonchev–Trinajstić information content (AvgIpc) is 1.68. The molecule has 0 bridgehead atoms. The Bertz CT molecular complexity index is 5980. The van der Waals surface area contributed by atoms with E-state index in [0.717, 1.165) is 67.5 Å². The van der Waals surface area contributed by atoms with E-state index >= 15 is 0 Å². The third-order valence-electron chi connectivity index (χ3n) is 22.6. The Balaban J connectivity index is 0.000000145. The Morgan fingerprint density at radius 2 is 0.628 bits per heavy atom. The summed E-state index contributed by atoms with van der Waals surface area (Å²) in [5.41, 5.74) is 22.6. The zero-order chi connectivity index (χ0) is 91.1. The summed E-state index contributed by atoms with van der Waals surface area (Å²) in [7, 11) is 9.89. The lowest BCUT2D eigenvalue weighted by molar-refractivity contribution is -0.0931. The lowest BCUT2D eigenvalue weighted by Gasteiger charge is -2.37. The molecule has 6 aromatic heterocycles. The van der Waals surface area contributed by atoms with Crippen molar-refractivity contribution in [1.82, 2.24) is 43.6 Å². The van der Waals surface area contributed by atoms with Gasteiger partial charge in [-0.1, -0.05) is 187 Å². The van der Waals surface area contributed by atoms with E-state index in [-0.39, 0.29) is 90.6 Å². The van der Waals surface area contributed by atoms with Crippen LogP contribution in [0.15, 0.2) is 283 Å². The zero-order valence-electron chi connectivity index (χ0n) is 71.5. The first kappa shape index (κ1) is 91.9. The van der Waals surface area contributed by atoms with Crippen molar-refractivity contribution in [2.45, 2.75) is 90.9 Å². The van der Waals surface area contributed by atoms with Crippen molar-refractivity contribution in [3.63, 3.8) is 0 Å². The normalized spacial score (nSPS) is 18.3. The van der Waals surface area contributed by atoms with Crippen LogP contribution >= 0.6 is 27.5 Å². The predicted octanol–water partition coefficient (Wildman–Crippen LogP) is 13.4.